The molecule has 1 amide bonds. The molecule has 0 spiro atoms. The highest BCUT2D eigenvalue weighted by molar-refractivity contribution is 5.87. The van der Waals surface area contributed by atoms with Gasteiger partial charge in [-0.15, -0.1) is 0 Å². The summed E-state index contributed by atoms with van der Waals surface area (Å²) in [7, 11) is 1.61. The van der Waals surface area contributed by atoms with Crippen molar-refractivity contribution in [2.75, 3.05) is 18.7 Å². The molecular formula is C17H25NO4. The molecule has 0 aliphatic rings. The zero-order valence-corrected chi connectivity index (χ0v) is 14.0. The van der Waals surface area contributed by atoms with Crippen molar-refractivity contribution in [3.8, 4) is 0 Å². The first-order valence-electron chi connectivity index (χ1n) is 7.50. The summed E-state index contributed by atoms with van der Waals surface area (Å²) in [5.41, 5.74) is 1.83. The van der Waals surface area contributed by atoms with Gasteiger partial charge in [-0.2, -0.15) is 0 Å². The van der Waals surface area contributed by atoms with E-state index in [2.05, 4.69) is 0 Å². The highest BCUT2D eigenvalue weighted by atomic mass is 16.7. The number of amides is 1. The summed E-state index contributed by atoms with van der Waals surface area (Å²) in [6, 6.07) is 7.48. The van der Waals surface area contributed by atoms with Crippen LogP contribution in [0, 0.1) is 18.8 Å². The highest BCUT2D eigenvalue weighted by Crippen LogP contribution is 2.17. The largest absolute Gasteiger partial charge is 0.428 e. The molecule has 0 N–H and O–H groups in total. The van der Waals surface area contributed by atoms with Crippen LogP contribution in [0.3, 0.4) is 0 Å². The number of aryl methyl sites for hydroxylation is 1. The van der Waals surface area contributed by atoms with Gasteiger partial charge >= 0.3 is 12.1 Å². The van der Waals surface area contributed by atoms with Crippen LogP contribution < -0.4 is 4.90 Å². The fraction of sp³-hybridized carbons (Fsp3) is 0.529. The standard InChI is InChI=1S/C17H25NO4/c1-6-15(12(2)3)16(19)21-11-22-17(20)18(5)14-9-7-13(4)8-10-14/h7-10,12,15H,6,11H2,1-5H3/t15-/m0/s1. The second-order valence-corrected chi connectivity index (χ2v) is 5.64. The summed E-state index contributed by atoms with van der Waals surface area (Å²) in [6.45, 7) is 7.47. The SMILES string of the molecule is CC[C@H](C(=O)OCOC(=O)N(C)c1ccc(C)cc1)C(C)C. The van der Waals surface area contributed by atoms with Crippen LogP contribution in [0.25, 0.3) is 0 Å². The number of hydrogen-bond donors (Lipinski definition) is 0. The van der Waals surface area contributed by atoms with Crippen molar-refractivity contribution < 1.29 is 19.1 Å². The van der Waals surface area contributed by atoms with Crippen molar-refractivity contribution in [3.05, 3.63) is 29.8 Å². The minimum Gasteiger partial charge on any atom is -0.428 e. The van der Waals surface area contributed by atoms with Gasteiger partial charge in [0.25, 0.3) is 0 Å². The number of anilines is 1. The monoisotopic (exact) mass is 307 g/mol. The van der Waals surface area contributed by atoms with E-state index in [0.717, 1.165) is 11.3 Å². The molecule has 0 fully saturated rings. The van der Waals surface area contributed by atoms with Gasteiger partial charge in [0.2, 0.25) is 6.79 Å². The van der Waals surface area contributed by atoms with Crippen LogP contribution in [0.2, 0.25) is 0 Å². The summed E-state index contributed by atoms with van der Waals surface area (Å²) >= 11 is 0. The Morgan fingerprint density at radius 1 is 1.14 bits per heavy atom. The van der Waals surface area contributed by atoms with E-state index in [1.807, 2.05) is 52.0 Å². The van der Waals surface area contributed by atoms with Gasteiger partial charge in [0.15, 0.2) is 0 Å². The number of carbonyl (C=O) groups is 2. The van der Waals surface area contributed by atoms with E-state index in [-0.39, 0.29) is 24.6 Å². The molecule has 1 aromatic rings. The van der Waals surface area contributed by atoms with Crippen LogP contribution in [0.4, 0.5) is 10.5 Å². The van der Waals surface area contributed by atoms with Crippen molar-refractivity contribution >= 4 is 17.7 Å². The first-order valence-corrected chi connectivity index (χ1v) is 7.50. The topological polar surface area (TPSA) is 55.8 Å². The van der Waals surface area contributed by atoms with E-state index in [9.17, 15) is 9.59 Å². The number of benzene rings is 1. The smallest absolute Gasteiger partial charge is 0.416 e. The lowest BCUT2D eigenvalue weighted by Crippen LogP contribution is -2.29. The minimum atomic E-state index is -0.561. The molecule has 22 heavy (non-hydrogen) atoms. The quantitative estimate of drug-likeness (QED) is 0.593. The average molecular weight is 307 g/mol. The average Bonchev–Trinajstić information content (AvgIpc) is 2.47. The molecule has 1 rings (SSSR count). The Hall–Kier alpha value is -2.04. The Balaban J connectivity index is 2.46. The molecule has 0 radical (unpaired) electrons. The Kier molecular flexibility index (Phi) is 6.89. The van der Waals surface area contributed by atoms with Crippen LogP contribution >= 0.6 is 0 Å². The number of nitrogens with zero attached hydrogens (tertiary/aromatic N) is 1. The van der Waals surface area contributed by atoms with E-state index in [1.54, 1.807) is 7.05 Å². The Morgan fingerprint density at radius 2 is 1.73 bits per heavy atom. The molecule has 0 unspecified atom stereocenters. The molecular weight excluding hydrogens is 282 g/mol. The fourth-order valence-corrected chi connectivity index (χ4v) is 2.13. The minimum absolute atomic E-state index is 0.173. The Morgan fingerprint density at radius 3 is 2.23 bits per heavy atom. The predicted molar refractivity (Wildman–Crippen MR) is 85.6 cm³/mol. The van der Waals surface area contributed by atoms with Crippen molar-refractivity contribution in [2.24, 2.45) is 11.8 Å². The van der Waals surface area contributed by atoms with Gasteiger partial charge < -0.3 is 9.47 Å². The van der Waals surface area contributed by atoms with E-state index in [0.29, 0.717) is 6.42 Å². The third-order valence-corrected chi connectivity index (χ3v) is 3.63. The molecule has 0 aliphatic carbocycles. The van der Waals surface area contributed by atoms with Crippen LogP contribution in [-0.2, 0) is 14.3 Å². The molecule has 0 heterocycles. The van der Waals surface area contributed by atoms with Crippen LogP contribution in [-0.4, -0.2) is 25.9 Å². The first-order chi connectivity index (χ1) is 10.4. The Bertz CT molecular complexity index is 496. The molecule has 1 aromatic carbocycles. The lowest BCUT2D eigenvalue weighted by atomic mass is 9.94. The van der Waals surface area contributed by atoms with E-state index in [4.69, 9.17) is 9.47 Å². The zero-order chi connectivity index (χ0) is 16.7. The van der Waals surface area contributed by atoms with Crippen molar-refractivity contribution in [2.45, 2.75) is 34.1 Å². The lowest BCUT2D eigenvalue weighted by Gasteiger charge is -2.19. The Labute approximate surface area is 132 Å². The molecule has 0 bridgehead atoms. The van der Waals surface area contributed by atoms with Gasteiger partial charge in [0.1, 0.15) is 0 Å². The number of carbonyl (C=O) groups excluding carboxylic acids is 2. The molecule has 0 aliphatic heterocycles. The maximum atomic E-state index is 11.9. The van der Waals surface area contributed by atoms with Crippen LogP contribution in [0.15, 0.2) is 24.3 Å². The molecule has 122 valence electrons. The predicted octanol–water partition coefficient (Wildman–Crippen LogP) is 3.75. The number of rotatable bonds is 6. The second-order valence-electron chi connectivity index (χ2n) is 5.64. The van der Waals surface area contributed by atoms with Gasteiger partial charge in [-0.05, 0) is 31.4 Å². The summed E-state index contributed by atoms with van der Waals surface area (Å²) in [6.07, 6.45) is 0.141. The molecule has 5 nitrogen and oxygen atoms in total. The van der Waals surface area contributed by atoms with Crippen LogP contribution in [0.1, 0.15) is 32.8 Å². The van der Waals surface area contributed by atoms with Gasteiger partial charge in [-0.3, -0.25) is 9.69 Å². The second kappa shape index (κ2) is 8.41. The van der Waals surface area contributed by atoms with Gasteiger partial charge in [0.05, 0.1) is 5.92 Å². The number of hydrogen-bond acceptors (Lipinski definition) is 4. The van der Waals surface area contributed by atoms with Crippen molar-refractivity contribution in [1.29, 1.82) is 0 Å². The fourth-order valence-electron chi connectivity index (χ4n) is 2.13. The van der Waals surface area contributed by atoms with Crippen LogP contribution in [0.5, 0.6) is 0 Å². The van der Waals surface area contributed by atoms with E-state index < -0.39 is 6.09 Å². The van der Waals surface area contributed by atoms with E-state index >= 15 is 0 Å². The van der Waals surface area contributed by atoms with E-state index in [1.165, 1.54) is 4.90 Å². The lowest BCUT2D eigenvalue weighted by molar-refractivity contribution is -0.158. The van der Waals surface area contributed by atoms with Gasteiger partial charge in [0, 0.05) is 12.7 Å². The normalized spacial score (nSPS) is 11.9. The zero-order valence-electron chi connectivity index (χ0n) is 14.0. The highest BCUT2D eigenvalue weighted by Gasteiger charge is 2.22. The first kappa shape index (κ1) is 18.0. The summed E-state index contributed by atoms with van der Waals surface area (Å²) in [5.74, 6) is -0.305. The van der Waals surface area contributed by atoms with Gasteiger partial charge in [-0.25, -0.2) is 4.79 Å². The van der Waals surface area contributed by atoms with Crippen molar-refractivity contribution in [1.82, 2.24) is 0 Å². The third-order valence-electron chi connectivity index (χ3n) is 3.63. The molecule has 0 saturated heterocycles. The summed E-state index contributed by atoms with van der Waals surface area (Å²) < 4.78 is 10.0. The van der Waals surface area contributed by atoms with Gasteiger partial charge in [-0.1, -0.05) is 38.5 Å². The summed E-state index contributed by atoms with van der Waals surface area (Å²) in [4.78, 5) is 25.1. The maximum Gasteiger partial charge on any atom is 0.416 e. The third kappa shape index (κ3) is 5.06. The summed E-state index contributed by atoms with van der Waals surface area (Å²) in [5, 5.41) is 0. The maximum absolute atomic E-state index is 11.9. The molecule has 0 aromatic heterocycles. The number of ether oxygens (including phenoxy) is 2. The molecule has 5 heteroatoms. The molecule has 1 atom stereocenters. The van der Waals surface area contributed by atoms with Crippen molar-refractivity contribution in [3.63, 3.8) is 0 Å². The number of esters is 1. The molecule has 0 saturated carbocycles.